The van der Waals surface area contributed by atoms with Gasteiger partial charge in [0.1, 0.15) is 11.4 Å². The minimum Gasteiger partial charge on any atom is -0.478 e. The lowest BCUT2D eigenvalue weighted by Crippen LogP contribution is -2.14. The predicted molar refractivity (Wildman–Crippen MR) is 74.4 cm³/mol. The van der Waals surface area contributed by atoms with Crippen molar-refractivity contribution in [3.05, 3.63) is 17.8 Å². The van der Waals surface area contributed by atoms with Crippen molar-refractivity contribution in [2.75, 3.05) is 30.8 Å². The lowest BCUT2D eigenvalue weighted by atomic mass is 10.1. The summed E-state index contributed by atoms with van der Waals surface area (Å²) in [6, 6.07) is 1.39. The summed E-state index contributed by atoms with van der Waals surface area (Å²) in [4.78, 5) is 15.0. The molecule has 0 amide bonds. The van der Waals surface area contributed by atoms with Gasteiger partial charge in [0.25, 0.3) is 0 Å². The van der Waals surface area contributed by atoms with Gasteiger partial charge in [-0.3, -0.25) is 0 Å². The Morgan fingerprint density at radius 3 is 2.89 bits per heavy atom. The zero-order valence-corrected chi connectivity index (χ0v) is 11.3. The number of carboxylic acid groups (broad SMARTS) is 1. The van der Waals surface area contributed by atoms with Gasteiger partial charge in [-0.2, -0.15) is 0 Å². The van der Waals surface area contributed by atoms with E-state index in [1.165, 1.54) is 12.3 Å². The van der Waals surface area contributed by atoms with E-state index in [-0.39, 0.29) is 5.56 Å². The smallest absolute Gasteiger partial charge is 0.339 e. The largest absolute Gasteiger partial charge is 0.478 e. The van der Waals surface area contributed by atoms with E-state index >= 15 is 0 Å². The van der Waals surface area contributed by atoms with Gasteiger partial charge in [0, 0.05) is 13.2 Å². The molecule has 0 bridgehead atoms. The van der Waals surface area contributed by atoms with Crippen molar-refractivity contribution in [2.45, 2.75) is 20.3 Å². The van der Waals surface area contributed by atoms with E-state index < -0.39 is 5.97 Å². The Kier molecular flexibility index (Phi) is 6.08. The van der Waals surface area contributed by atoms with Crippen LogP contribution in [0.2, 0.25) is 0 Å². The fourth-order valence-electron chi connectivity index (χ4n) is 1.45. The van der Waals surface area contributed by atoms with E-state index in [0.29, 0.717) is 37.2 Å². The number of pyridine rings is 1. The number of nitrogens with two attached hydrogens (primary N) is 1. The van der Waals surface area contributed by atoms with Crippen LogP contribution in [0.25, 0.3) is 0 Å². The predicted octanol–water partition coefficient (Wildman–Crippen LogP) is 1.84. The molecule has 1 aromatic rings. The van der Waals surface area contributed by atoms with Crippen LogP contribution in [-0.2, 0) is 4.74 Å². The maximum Gasteiger partial charge on any atom is 0.339 e. The second kappa shape index (κ2) is 7.58. The molecule has 0 aliphatic carbocycles. The van der Waals surface area contributed by atoms with Crippen molar-refractivity contribution < 1.29 is 14.6 Å². The maximum absolute atomic E-state index is 11.0. The van der Waals surface area contributed by atoms with E-state index in [0.717, 1.165) is 6.42 Å². The summed E-state index contributed by atoms with van der Waals surface area (Å²) in [6.45, 7) is 6.01. The first-order valence-corrected chi connectivity index (χ1v) is 6.31. The highest BCUT2D eigenvalue weighted by Crippen LogP contribution is 2.15. The molecule has 0 aliphatic heterocycles. The SMILES string of the molecule is CC(C)CCOCCNc1ncc(N)cc1C(=O)O. The van der Waals surface area contributed by atoms with Gasteiger partial charge in [-0.25, -0.2) is 9.78 Å². The molecule has 0 unspecified atom stereocenters. The van der Waals surface area contributed by atoms with Gasteiger partial charge < -0.3 is 20.9 Å². The van der Waals surface area contributed by atoms with Crippen molar-refractivity contribution in [3.63, 3.8) is 0 Å². The third-order valence-electron chi connectivity index (χ3n) is 2.52. The summed E-state index contributed by atoms with van der Waals surface area (Å²) >= 11 is 0. The quantitative estimate of drug-likeness (QED) is 0.622. The third kappa shape index (κ3) is 5.56. The monoisotopic (exact) mass is 267 g/mol. The summed E-state index contributed by atoms with van der Waals surface area (Å²) in [5.41, 5.74) is 5.91. The number of aromatic nitrogens is 1. The van der Waals surface area contributed by atoms with Gasteiger partial charge in [-0.1, -0.05) is 13.8 Å². The van der Waals surface area contributed by atoms with Crippen LogP contribution < -0.4 is 11.1 Å². The minimum atomic E-state index is -1.05. The van der Waals surface area contributed by atoms with Gasteiger partial charge in [0.2, 0.25) is 0 Å². The second-order valence-corrected chi connectivity index (χ2v) is 4.69. The molecule has 0 spiro atoms. The summed E-state index contributed by atoms with van der Waals surface area (Å²) in [6.07, 6.45) is 2.44. The zero-order chi connectivity index (χ0) is 14.3. The summed E-state index contributed by atoms with van der Waals surface area (Å²) in [5.74, 6) is -0.123. The molecule has 1 heterocycles. The van der Waals surface area contributed by atoms with Crippen molar-refractivity contribution in [2.24, 2.45) is 5.92 Å². The molecule has 0 fully saturated rings. The number of nitrogens with zero attached hydrogens (tertiary/aromatic N) is 1. The highest BCUT2D eigenvalue weighted by Gasteiger charge is 2.11. The van der Waals surface area contributed by atoms with Crippen molar-refractivity contribution in [3.8, 4) is 0 Å². The van der Waals surface area contributed by atoms with E-state index in [2.05, 4.69) is 24.1 Å². The molecule has 6 heteroatoms. The topological polar surface area (TPSA) is 97.5 Å². The first-order valence-electron chi connectivity index (χ1n) is 6.31. The number of hydrogen-bond acceptors (Lipinski definition) is 5. The van der Waals surface area contributed by atoms with Crippen LogP contribution in [0, 0.1) is 5.92 Å². The number of nitrogens with one attached hydrogen (secondary N) is 1. The molecule has 1 aromatic heterocycles. The van der Waals surface area contributed by atoms with Crippen LogP contribution >= 0.6 is 0 Å². The first kappa shape index (κ1) is 15.2. The number of rotatable bonds is 8. The Hall–Kier alpha value is -1.82. The lowest BCUT2D eigenvalue weighted by molar-refractivity contribution is 0.0697. The fourth-order valence-corrected chi connectivity index (χ4v) is 1.45. The second-order valence-electron chi connectivity index (χ2n) is 4.69. The van der Waals surface area contributed by atoms with Crippen LogP contribution in [-0.4, -0.2) is 35.8 Å². The van der Waals surface area contributed by atoms with Crippen molar-refractivity contribution in [1.82, 2.24) is 4.98 Å². The average Bonchev–Trinajstić information content (AvgIpc) is 2.34. The number of nitrogen functional groups attached to an aromatic ring is 1. The van der Waals surface area contributed by atoms with E-state index in [1.807, 2.05) is 0 Å². The molecule has 4 N–H and O–H groups in total. The van der Waals surface area contributed by atoms with Crippen LogP contribution in [0.4, 0.5) is 11.5 Å². The molecule has 0 radical (unpaired) electrons. The maximum atomic E-state index is 11.0. The normalized spacial score (nSPS) is 10.7. The zero-order valence-electron chi connectivity index (χ0n) is 11.3. The fraction of sp³-hybridized carbons (Fsp3) is 0.538. The van der Waals surface area contributed by atoms with Crippen LogP contribution in [0.15, 0.2) is 12.3 Å². The lowest BCUT2D eigenvalue weighted by Gasteiger charge is -2.10. The number of carboxylic acids is 1. The average molecular weight is 267 g/mol. The Morgan fingerprint density at radius 1 is 1.53 bits per heavy atom. The molecule has 0 aromatic carbocycles. The Morgan fingerprint density at radius 2 is 2.26 bits per heavy atom. The highest BCUT2D eigenvalue weighted by atomic mass is 16.5. The molecule has 0 aliphatic rings. The molecule has 106 valence electrons. The summed E-state index contributed by atoms with van der Waals surface area (Å²) < 4.78 is 5.43. The molecule has 0 atom stereocenters. The number of hydrogen-bond donors (Lipinski definition) is 3. The molecule has 0 saturated carbocycles. The Balaban J connectivity index is 2.39. The number of carbonyl (C=O) groups is 1. The Bertz CT molecular complexity index is 422. The van der Waals surface area contributed by atoms with Gasteiger partial charge >= 0.3 is 5.97 Å². The van der Waals surface area contributed by atoms with E-state index in [9.17, 15) is 4.79 Å². The van der Waals surface area contributed by atoms with E-state index in [1.54, 1.807) is 0 Å². The number of anilines is 2. The minimum absolute atomic E-state index is 0.0715. The van der Waals surface area contributed by atoms with Gasteiger partial charge in [0.05, 0.1) is 18.5 Å². The summed E-state index contributed by atoms with van der Waals surface area (Å²) in [7, 11) is 0. The molecular weight excluding hydrogens is 246 g/mol. The van der Waals surface area contributed by atoms with Gasteiger partial charge in [0.15, 0.2) is 0 Å². The third-order valence-corrected chi connectivity index (χ3v) is 2.52. The highest BCUT2D eigenvalue weighted by molar-refractivity contribution is 5.94. The standard InChI is InChI=1S/C13H21N3O3/c1-9(2)3-5-19-6-4-15-12-11(13(17)18)7-10(14)8-16-12/h7-9H,3-6,14H2,1-2H3,(H,15,16)(H,17,18). The Labute approximate surface area is 113 Å². The number of aromatic carboxylic acids is 1. The van der Waals surface area contributed by atoms with Crippen LogP contribution in [0.1, 0.15) is 30.6 Å². The number of ether oxygens (including phenoxy) is 1. The van der Waals surface area contributed by atoms with Crippen LogP contribution in [0.5, 0.6) is 0 Å². The first-order chi connectivity index (χ1) is 9.00. The molecule has 6 nitrogen and oxygen atoms in total. The van der Waals surface area contributed by atoms with Crippen molar-refractivity contribution in [1.29, 1.82) is 0 Å². The molecule has 0 saturated heterocycles. The van der Waals surface area contributed by atoms with Crippen molar-refractivity contribution >= 4 is 17.5 Å². The molecule has 19 heavy (non-hydrogen) atoms. The van der Waals surface area contributed by atoms with Gasteiger partial charge in [-0.15, -0.1) is 0 Å². The molecule has 1 rings (SSSR count). The van der Waals surface area contributed by atoms with Gasteiger partial charge in [-0.05, 0) is 18.4 Å². The van der Waals surface area contributed by atoms with Crippen LogP contribution in [0.3, 0.4) is 0 Å². The summed E-state index contributed by atoms with van der Waals surface area (Å²) in [5, 5.41) is 12.0. The van der Waals surface area contributed by atoms with E-state index in [4.69, 9.17) is 15.6 Å². The molecular formula is C13H21N3O3.